The number of aliphatic imine (C=N–C) groups is 1. The zero-order valence-corrected chi connectivity index (χ0v) is 11.5. The minimum atomic E-state index is 0.500. The fourth-order valence-electron chi connectivity index (χ4n) is 1.81. The van der Waals surface area contributed by atoms with Crippen molar-refractivity contribution in [3.8, 4) is 5.75 Å². The predicted octanol–water partition coefficient (Wildman–Crippen LogP) is 3.27. The molecular formula is C17H18N2O. The molecule has 2 aromatic rings. The van der Waals surface area contributed by atoms with Gasteiger partial charge in [-0.3, -0.25) is 4.99 Å². The number of hydrogen-bond acceptors (Lipinski definition) is 2. The molecule has 0 aliphatic heterocycles. The van der Waals surface area contributed by atoms with Crippen molar-refractivity contribution in [3.63, 3.8) is 0 Å². The number of methoxy groups -OCH3 is 1. The van der Waals surface area contributed by atoms with E-state index in [1.54, 1.807) is 7.11 Å². The fraction of sp³-hybridized carbons (Fsp3) is 0.118. The standard InChI is InChI=1S/C17H18N2O/c1-20-16-10-6-5-9-15(16)13-19-17(18)12-11-14-7-3-2-4-8-14/h2-12H,13H2,1H3,(H2,18,19)/b12-11+/i1-1. The van der Waals surface area contributed by atoms with Crippen LogP contribution in [0.4, 0.5) is 0 Å². The van der Waals surface area contributed by atoms with E-state index in [4.69, 9.17) is 10.5 Å². The molecule has 2 N–H and O–H groups in total. The van der Waals surface area contributed by atoms with Crippen LogP contribution in [0.2, 0.25) is 0 Å². The number of para-hydroxylation sites is 1. The van der Waals surface area contributed by atoms with Crippen molar-refractivity contribution in [2.45, 2.75) is 6.54 Å². The van der Waals surface area contributed by atoms with Crippen molar-refractivity contribution >= 4 is 11.9 Å². The average molecular weight is 265 g/mol. The van der Waals surface area contributed by atoms with Gasteiger partial charge >= 0.3 is 0 Å². The molecule has 0 unspecified atom stereocenters. The van der Waals surface area contributed by atoms with Crippen LogP contribution in [0, 0.1) is 0 Å². The van der Waals surface area contributed by atoms with Crippen LogP contribution in [0.15, 0.2) is 65.7 Å². The van der Waals surface area contributed by atoms with E-state index in [-0.39, 0.29) is 0 Å². The maximum Gasteiger partial charge on any atom is 0.123 e. The molecule has 0 bridgehead atoms. The van der Waals surface area contributed by atoms with Gasteiger partial charge in [0.25, 0.3) is 0 Å². The molecule has 20 heavy (non-hydrogen) atoms. The molecule has 3 heteroatoms. The third-order valence-corrected chi connectivity index (χ3v) is 2.87. The number of nitrogens with two attached hydrogens (primary N) is 1. The molecule has 2 rings (SSSR count). The summed E-state index contributed by atoms with van der Waals surface area (Å²) >= 11 is 0. The maximum atomic E-state index is 5.88. The molecular weight excluding hydrogens is 247 g/mol. The van der Waals surface area contributed by atoms with E-state index >= 15 is 0 Å². The molecule has 0 fully saturated rings. The topological polar surface area (TPSA) is 47.6 Å². The fourth-order valence-corrected chi connectivity index (χ4v) is 1.81. The summed E-state index contributed by atoms with van der Waals surface area (Å²) in [6, 6.07) is 17.8. The molecule has 0 aromatic heterocycles. The van der Waals surface area contributed by atoms with Gasteiger partial charge < -0.3 is 10.5 Å². The Kier molecular flexibility index (Phi) is 4.95. The Bertz CT molecular complexity index is 603. The SMILES string of the molecule is [11CH3]Oc1ccccc1CN=C(N)/C=C/c1ccccc1. The van der Waals surface area contributed by atoms with Gasteiger partial charge in [-0.15, -0.1) is 0 Å². The second-order valence-electron chi connectivity index (χ2n) is 4.30. The Morgan fingerprint density at radius 1 is 1.10 bits per heavy atom. The largest absolute Gasteiger partial charge is 0.496 e. The molecule has 102 valence electrons. The molecule has 3 nitrogen and oxygen atoms in total. The number of rotatable bonds is 5. The molecule has 0 aliphatic carbocycles. The van der Waals surface area contributed by atoms with Crippen LogP contribution in [-0.4, -0.2) is 12.9 Å². The van der Waals surface area contributed by atoms with Gasteiger partial charge in [-0.1, -0.05) is 54.6 Å². The maximum absolute atomic E-state index is 5.88. The summed E-state index contributed by atoms with van der Waals surface area (Å²) < 4.78 is 5.28. The Hall–Kier alpha value is -2.55. The summed E-state index contributed by atoms with van der Waals surface area (Å²) in [6.45, 7) is 0.509. The highest BCUT2D eigenvalue weighted by atomic mass is 16.4. The number of benzene rings is 2. The minimum absolute atomic E-state index is 0.500. The molecule has 2 aromatic carbocycles. The summed E-state index contributed by atoms with van der Waals surface area (Å²) in [5.74, 6) is 1.33. The van der Waals surface area contributed by atoms with Crippen molar-refractivity contribution in [1.82, 2.24) is 0 Å². The third kappa shape index (κ3) is 3.99. The van der Waals surface area contributed by atoms with Crippen molar-refractivity contribution in [1.29, 1.82) is 0 Å². The lowest BCUT2D eigenvalue weighted by molar-refractivity contribution is 0.410. The van der Waals surface area contributed by atoms with Crippen LogP contribution in [-0.2, 0) is 6.54 Å². The van der Waals surface area contributed by atoms with Crippen LogP contribution >= 0.6 is 0 Å². The lowest BCUT2D eigenvalue weighted by Gasteiger charge is -2.05. The monoisotopic (exact) mass is 265 g/mol. The van der Waals surface area contributed by atoms with Crippen molar-refractivity contribution in [2.24, 2.45) is 10.7 Å². The van der Waals surface area contributed by atoms with Crippen LogP contribution in [0.3, 0.4) is 0 Å². The second-order valence-corrected chi connectivity index (χ2v) is 4.30. The lowest BCUT2D eigenvalue weighted by Crippen LogP contribution is -2.08. The zero-order chi connectivity index (χ0) is 14.2. The predicted molar refractivity (Wildman–Crippen MR) is 83.8 cm³/mol. The minimum Gasteiger partial charge on any atom is -0.496 e. The molecule has 0 saturated heterocycles. The average Bonchev–Trinajstić information content (AvgIpc) is 2.52. The Morgan fingerprint density at radius 2 is 1.80 bits per heavy atom. The highest BCUT2D eigenvalue weighted by Gasteiger charge is 1.99. The van der Waals surface area contributed by atoms with Gasteiger partial charge in [-0.25, -0.2) is 0 Å². The number of ether oxygens (including phenoxy) is 1. The van der Waals surface area contributed by atoms with Crippen LogP contribution in [0.1, 0.15) is 11.1 Å². The van der Waals surface area contributed by atoms with Crippen molar-refractivity contribution < 1.29 is 4.74 Å². The van der Waals surface area contributed by atoms with E-state index in [1.165, 1.54) is 0 Å². The van der Waals surface area contributed by atoms with E-state index in [2.05, 4.69) is 4.99 Å². The van der Waals surface area contributed by atoms with Crippen molar-refractivity contribution in [3.05, 3.63) is 71.8 Å². The first-order valence-electron chi connectivity index (χ1n) is 6.44. The number of amidine groups is 1. The summed E-state index contributed by atoms with van der Waals surface area (Å²) in [6.07, 6.45) is 3.76. The summed E-state index contributed by atoms with van der Waals surface area (Å²) in [7, 11) is 1.65. The van der Waals surface area contributed by atoms with Gasteiger partial charge in [0.15, 0.2) is 0 Å². The molecule has 0 heterocycles. The quantitative estimate of drug-likeness (QED) is 0.666. The lowest BCUT2D eigenvalue weighted by atomic mass is 10.2. The Morgan fingerprint density at radius 3 is 2.55 bits per heavy atom. The van der Waals surface area contributed by atoms with Gasteiger partial charge in [-0.05, 0) is 17.7 Å². The molecule has 0 atom stereocenters. The summed E-state index contributed by atoms with van der Waals surface area (Å²) in [5, 5.41) is 0. The Balaban J connectivity index is 2.02. The number of hydrogen-bond donors (Lipinski definition) is 1. The normalized spacial score (nSPS) is 11.8. The highest BCUT2D eigenvalue weighted by molar-refractivity contribution is 5.95. The third-order valence-electron chi connectivity index (χ3n) is 2.87. The molecule has 0 spiro atoms. The van der Waals surface area contributed by atoms with Crippen LogP contribution in [0.25, 0.3) is 6.08 Å². The van der Waals surface area contributed by atoms with Crippen molar-refractivity contribution in [2.75, 3.05) is 7.11 Å². The summed E-state index contributed by atoms with van der Waals surface area (Å²) in [4.78, 5) is 4.35. The Labute approximate surface area is 119 Å². The smallest absolute Gasteiger partial charge is 0.123 e. The highest BCUT2D eigenvalue weighted by Crippen LogP contribution is 2.17. The first kappa shape index (κ1) is 13.9. The van der Waals surface area contributed by atoms with E-state index < -0.39 is 0 Å². The van der Waals surface area contributed by atoms with Gasteiger partial charge in [-0.2, -0.15) is 0 Å². The second kappa shape index (κ2) is 7.14. The first-order chi connectivity index (χ1) is 9.79. The van der Waals surface area contributed by atoms with E-state index in [1.807, 2.05) is 66.7 Å². The molecule has 0 saturated carbocycles. The summed E-state index contributed by atoms with van der Waals surface area (Å²) in [5.41, 5.74) is 8.00. The van der Waals surface area contributed by atoms with E-state index in [0.29, 0.717) is 12.4 Å². The van der Waals surface area contributed by atoms with Crippen LogP contribution < -0.4 is 10.5 Å². The first-order valence-corrected chi connectivity index (χ1v) is 6.44. The van der Waals surface area contributed by atoms with Gasteiger partial charge in [0.2, 0.25) is 0 Å². The zero-order valence-electron chi connectivity index (χ0n) is 11.5. The van der Waals surface area contributed by atoms with Crippen LogP contribution in [0.5, 0.6) is 5.75 Å². The van der Waals surface area contributed by atoms with E-state index in [9.17, 15) is 0 Å². The van der Waals surface area contributed by atoms with Gasteiger partial charge in [0, 0.05) is 5.56 Å². The van der Waals surface area contributed by atoms with E-state index in [0.717, 1.165) is 16.9 Å². The molecule has 0 amide bonds. The number of nitrogens with zero attached hydrogens (tertiary/aromatic N) is 1. The molecule has 0 aliphatic rings. The molecule has 0 radical (unpaired) electrons. The van der Waals surface area contributed by atoms with Gasteiger partial charge in [0.1, 0.15) is 11.6 Å². The van der Waals surface area contributed by atoms with Gasteiger partial charge in [0.05, 0.1) is 13.7 Å².